The van der Waals surface area contributed by atoms with E-state index in [0.29, 0.717) is 6.04 Å². The van der Waals surface area contributed by atoms with Gasteiger partial charge < -0.3 is 14.6 Å². The second-order valence-corrected chi connectivity index (χ2v) is 5.56. The summed E-state index contributed by atoms with van der Waals surface area (Å²) in [6.45, 7) is 1.23. The number of methoxy groups -OCH3 is 1. The maximum absolute atomic E-state index is 5.33. The zero-order chi connectivity index (χ0) is 13.2. The van der Waals surface area contributed by atoms with Crippen molar-refractivity contribution < 1.29 is 4.74 Å². The lowest BCUT2D eigenvalue weighted by Crippen LogP contribution is -2.37. The number of aromatic amines is 1. The molecule has 0 saturated carbocycles. The molecule has 1 saturated heterocycles. The quantitative estimate of drug-likeness (QED) is 0.915. The molecule has 3 nitrogen and oxygen atoms in total. The third kappa shape index (κ3) is 2.47. The van der Waals surface area contributed by atoms with E-state index in [1.165, 1.54) is 42.3 Å². The Hall–Kier alpha value is -1.48. The van der Waals surface area contributed by atoms with Gasteiger partial charge in [-0.15, -0.1) is 0 Å². The summed E-state index contributed by atoms with van der Waals surface area (Å²) in [6, 6.07) is 6.93. The summed E-state index contributed by atoms with van der Waals surface area (Å²) in [4.78, 5) is 5.87. The van der Waals surface area contributed by atoms with Crippen LogP contribution in [0.5, 0.6) is 5.75 Å². The summed E-state index contributed by atoms with van der Waals surface area (Å²) in [5.41, 5.74) is 2.61. The average molecular weight is 258 g/mol. The highest BCUT2D eigenvalue weighted by Gasteiger charge is 2.20. The van der Waals surface area contributed by atoms with Gasteiger partial charge in [0.25, 0.3) is 0 Å². The van der Waals surface area contributed by atoms with Crippen LogP contribution in [-0.2, 0) is 6.42 Å². The van der Waals surface area contributed by atoms with Gasteiger partial charge in [0.1, 0.15) is 5.75 Å². The summed E-state index contributed by atoms with van der Waals surface area (Å²) < 4.78 is 5.33. The Labute approximate surface area is 114 Å². The Bertz CT molecular complexity index is 561. The fourth-order valence-electron chi connectivity index (χ4n) is 3.11. The third-order valence-electron chi connectivity index (χ3n) is 4.35. The van der Waals surface area contributed by atoms with Gasteiger partial charge in [0.15, 0.2) is 0 Å². The molecule has 1 aromatic carbocycles. The fourth-order valence-corrected chi connectivity index (χ4v) is 3.11. The van der Waals surface area contributed by atoms with Crippen molar-refractivity contribution in [1.82, 2.24) is 9.88 Å². The molecule has 1 aliphatic rings. The summed E-state index contributed by atoms with van der Waals surface area (Å²) >= 11 is 0. The van der Waals surface area contributed by atoms with E-state index < -0.39 is 0 Å². The Balaban J connectivity index is 1.87. The number of nitrogens with zero attached hydrogens (tertiary/aromatic N) is 1. The van der Waals surface area contributed by atoms with E-state index >= 15 is 0 Å². The van der Waals surface area contributed by atoms with Crippen molar-refractivity contribution in [3.8, 4) is 5.75 Å². The van der Waals surface area contributed by atoms with Crippen LogP contribution in [0, 0.1) is 0 Å². The van der Waals surface area contributed by atoms with Gasteiger partial charge in [0.2, 0.25) is 0 Å². The van der Waals surface area contributed by atoms with Gasteiger partial charge in [0, 0.05) is 23.1 Å². The van der Waals surface area contributed by atoms with Crippen LogP contribution in [0.4, 0.5) is 0 Å². The van der Waals surface area contributed by atoms with Crippen LogP contribution >= 0.6 is 0 Å². The van der Waals surface area contributed by atoms with Crippen molar-refractivity contribution in [2.24, 2.45) is 0 Å². The number of rotatable bonds is 3. The molecule has 1 N–H and O–H groups in total. The molecule has 1 atom stereocenters. The Morgan fingerprint density at radius 3 is 3.05 bits per heavy atom. The number of aromatic nitrogens is 1. The average Bonchev–Trinajstić information content (AvgIpc) is 2.84. The molecule has 0 spiro atoms. The van der Waals surface area contributed by atoms with Crippen LogP contribution in [0.15, 0.2) is 24.4 Å². The minimum absolute atomic E-state index is 0.680. The molecule has 102 valence electrons. The van der Waals surface area contributed by atoms with Gasteiger partial charge in [-0.05, 0) is 56.6 Å². The molecule has 1 aromatic heterocycles. The molecule has 19 heavy (non-hydrogen) atoms. The van der Waals surface area contributed by atoms with Crippen molar-refractivity contribution in [1.29, 1.82) is 0 Å². The largest absolute Gasteiger partial charge is 0.497 e. The van der Waals surface area contributed by atoms with Crippen molar-refractivity contribution in [2.45, 2.75) is 31.7 Å². The monoisotopic (exact) mass is 258 g/mol. The minimum Gasteiger partial charge on any atom is -0.497 e. The summed E-state index contributed by atoms with van der Waals surface area (Å²) in [7, 11) is 3.97. The number of ether oxygens (including phenoxy) is 1. The summed E-state index contributed by atoms with van der Waals surface area (Å²) in [6.07, 6.45) is 7.30. The van der Waals surface area contributed by atoms with Gasteiger partial charge >= 0.3 is 0 Å². The number of likely N-dealkylation sites (tertiary alicyclic amines) is 1. The van der Waals surface area contributed by atoms with Gasteiger partial charge in [-0.3, -0.25) is 0 Å². The maximum atomic E-state index is 5.33. The number of likely N-dealkylation sites (N-methyl/N-ethyl adjacent to an activating group) is 1. The van der Waals surface area contributed by atoms with Crippen LogP contribution in [0.2, 0.25) is 0 Å². The summed E-state index contributed by atoms with van der Waals surface area (Å²) in [5, 5.41) is 1.30. The highest BCUT2D eigenvalue weighted by molar-refractivity contribution is 5.84. The Kier molecular flexibility index (Phi) is 3.47. The van der Waals surface area contributed by atoms with Gasteiger partial charge in [-0.25, -0.2) is 0 Å². The van der Waals surface area contributed by atoms with Crippen LogP contribution < -0.4 is 4.74 Å². The summed E-state index contributed by atoms with van der Waals surface area (Å²) in [5.74, 6) is 0.936. The zero-order valence-electron chi connectivity index (χ0n) is 11.8. The lowest BCUT2D eigenvalue weighted by Gasteiger charge is -2.32. The van der Waals surface area contributed by atoms with E-state index in [2.05, 4.69) is 35.3 Å². The SMILES string of the molecule is COc1ccc2[nH]cc(C[C@H]3CCCCN3C)c2c1. The van der Waals surface area contributed by atoms with Gasteiger partial charge in [-0.2, -0.15) is 0 Å². The second-order valence-electron chi connectivity index (χ2n) is 5.56. The first-order valence-electron chi connectivity index (χ1n) is 7.12. The first-order valence-corrected chi connectivity index (χ1v) is 7.12. The molecule has 0 bridgehead atoms. The first-order chi connectivity index (χ1) is 9.28. The number of fused-ring (bicyclic) bond motifs is 1. The molecule has 2 aromatic rings. The van der Waals surface area contributed by atoms with E-state index in [-0.39, 0.29) is 0 Å². The van der Waals surface area contributed by atoms with Crippen molar-refractivity contribution in [3.63, 3.8) is 0 Å². The standard InChI is InChI=1S/C16H22N2O/c1-18-8-4-3-5-13(18)9-12-11-17-16-7-6-14(19-2)10-15(12)16/h6-7,10-11,13,17H,3-5,8-9H2,1-2H3/t13-/m1/s1. The predicted octanol–water partition coefficient (Wildman–Crippen LogP) is 3.20. The van der Waals surface area contributed by atoms with Crippen LogP contribution in [0.25, 0.3) is 10.9 Å². The Morgan fingerprint density at radius 1 is 1.37 bits per heavy atom. The first kappa shape index (κ1) is 12.5. The van der Waals surface area contributed by atoms with Crippen molar-refractivity contribution in [3.05, 3.63) is 30.0 Å². The molecule has 3 heteroatoms. The molecule has 0 radical (unpaired) electrons. The van der Waals surface area contributed by atoms with E-state index in [1.807, 2.05) is 6.07 Å². The third-order valence-corrected chi connectivity index (χ3v) is 4.35. The smallest absolute Gasteiger partial charge is 0.119 e. The number of nitrogens with one attached hydrogen (secondary N) is 1. The molecule has 1 aliphatic heterocycles. The van der Waals surface area contributed by atoms with Crippen LogP contribution in [0.1, 0.15) is 24.8 Å². The number of piperidine rings is 1. The topological polar surface area (TPSA) is 28.3 Å². The van der Waals surface area contributed by atoms with E-state index in [1.54, 1.807) is 7.11 Å². The van der Waals surface area contributed by atoms with Gasteiger partial charge in [-0.1, -0.05) is 6.42 Å². The molecular formula is C16H22N2O. The second kappa shape index (κ2) is 5.25. The van der Waals surface area contributed by atoms with Crippen LogP contribution in [-0.4, -0.2) is 36.6 Å². The lowest BCUT2D eigenvalue weighted by molar-refractivity contribution is 0.185. The van der Waals surface area contributed by atoms with E-state index in [9.17, 15) is 0 Å². The molecular weight excluding hydrogens is 236 g/mol. The number of benzene rings is 1. The Morgan fingerprint density at radius 2 is 2.26 bits per heavy atom. The van der Waals surface area contributed by atoms with Crippen LogP contribution in [0.3, 0.4) is 0 Å². The highest BCUT2D eigenvalue weighted by Crippen LogP contribution is 2.27. The lowest BCUT2D eigenvalue weighted by atomic mass is 9.96. The minimum atomic E-state index is 0.680. The number of hydrogen-bond acceptors (Lipinski definition) is 2. The number of hydrogen-bond donors (Lipinski definition) is 1. The van der Waals surface area contributed by atoms with Crippen molar-refractivity contribution in [2.75, 3.05) is 20.7 Å². The van der Waals surface area contributed by atoms with Gasteiger partial charge in [0.05, 0.1) is 7.11 Å². The predicted molar refractivity (Wildman–Crippen MR) is 78.8 cm³/mol. The molecule has 3 rings (SSSR count). The zero-order valence-corrected chi connectivity index (χ0v) is 11.8. The molecule has 1 fully saturated rings. The molecule has 0 unspecified atom stereocenters. The molecule has 2 heterocycles. The fraction of sp³-hybridized carbons (Fsp3) is 0.500. The number of H-pyrrole nitrogens is 1. The molecule has 0 aliphatic carbocycles. The highest BCUT2D eigenvalue weighted by atomic mass is 16.5. The van der Waals surface area contributed by atoms with E-state index in [0.717, 1.165) is 12.2 Å². The normalized spacial score (nSPS) is 20.8. The van der Waals surface area contributed by atoms with Crippen molar-refractivity contribution >= 4 is 10.9 Å². The maximum Gasteiger partial charge on any atom is 0.119 e. The molecule has 0 amide bonds. The van der Waals surface area contributed by atoms with E-state index in [4.69, 9.17) is 4.74 Å².